The topological polar surface area (TPSA) is 80.5 Å². The first-order valence-corrected chi connectivity index (χ1v) is 9.37. The molecule has 1 aliphatic heterocycles. The summed E-state index contributed by atoms with van der Waals surface area (Å²) in [6, 6.07) is 14.4. The Morgan fingerprint density at radius 3 is 2.57 bits per heavy atom. The zero-order chi connectivity index (χ0) is 17.9. The number of nitrogens with one attached hydrogen (secondary N) is 1. The number of hydrogen-bond donors (Lipinski definition) is 2. The van der Waals surface area contributed by atoms with Gasteiger partial charge >= 0.3 is 0 Å². The van der Waals surface area contributed by atoms with Crippen LogP contribution in [0.15, 0.2) is 48.5 Å². The maximum absolute atomic E-state index is 12.4. The van der Waals surface area contributed by atoms with E-state index in [-0.39, 0.29) is 30.7 Å². The number of nitrogens with zero attached hydrogens (tertiary/aromatic N) is 2. The van der Waals surface area contributed by atoms with Crippen molar-refractivity contribution in [3.63, 3.8) is 0 Å². The molecular weight excluding hydrogens is 419 g/mol. The molecule has 1 saturated heterocycles. The van der Waals surface area contributed by atoms with E-state index in [2.05, 4.69) is 10.2 Å². The van der Waals surface area contributed by atoms with E-state index < -0.39 is 6.04 Å². The second kappa shape index (κ2) is 10.0. The fraction of sp³-hybridized carbons (Fsp3) is 0.263. The van der Waals surface area contributed by atoms with Crippen LogP contribution in [0.4, 0.5) is 10.8 Å². The third-order valence-electron chi connectivity index (χ3n) is 4.37. The monoisotopic (exact) mass is 440 g/mol. The number of fused-ring (bicyclic) bond motifs is 1. The number of carbonyl (C=O) groups is 1. The quantitative estimate of drug-likeness (QED) is 0.647. The molecule has 2 heterocycles. The molecule has 0 aliphatic carbocycles. The molecule has 1 fully saturated rings. The van der Waals surface area contributed by atoms with E-state index in [0.717, 1.165) is 52.9 Å². The van der Waals surface area contributed by atoms with Gasteiger partial charge in [-0.1, -0.05) is 41.7 Å². The van der Waals surface area contributed by atoms with Gasteiger partial charge in [-0.25, -0.2) is 4.98 Å². The molecule has 0 radical (unpaired) electrons. The maximum Gasteiger partial charge on any atom is 0.245 e. The minimum Gasteiger partial charge on any atom is -0.378 e. The third kappa shape index (κ3) is 4.92. The van der Waals surface area contributed by atoms with Gasteiger partial charge in [-0.15, -0.1) is 24.8 Å². The van der Waals surface area contributed by atoms with Gasteiger partial charge in [0.05, 0.1) is 23.4 Å². The summed E-state index contributed by atoms with van der Waals surface area (Å²) < 4.78 is 6.43. The number of anilines is 2. The summed E-state index contributed by atoms with van der Waals surface area (Å²) in [7, 11) is 0. The number of halogens is 2. The van der Waals surface area contributed by atoms with Crippen LogP contribution < -0.4 is 16.0 Å². The minimum atomic E-state index is -0.697. The fourth-order valence-corrected chi connectivity index (χ4v) is 3.97. The highest BCUT2D eigenvalue weighted by Crippen LogP contribution is 2.31. The summed E-state index contributed by atoms with van der Waals surface area (Å²) in [5.41, 5.74) is 8.51. The normalized spacial score (nSPS) is 14.7. The van der Waals surface area contributed by atoms with E-state index in [9.17, 15) is 4.79 Å². The molecule has 6 nitrogen and oxygen atoms in total. The predicted octanol–water partition coefficient (Wildman–Crippen LogP) is 3.62. The Labute approximate surface area is 179 Å². The van der Waals surface area contributed by atoms with Crippen LogP contribution in [0, 0.1) is 0 Å². The Balaban J connectivity index is 0.00000140. The smallest absolute Gasteiger partial charge is 0.245 e. The van der Waals surface area contributed by atoms with E-state index in [1.807, 2.05) is 48.5 Å². The van der Waals surface area contributed by atoms with Crippen LogP contribution in [0.1, 0.15) is 11.6 Å². The largest absolute Gasteiger partial charge is 0.378 e. The number of amides is 1. The average molecular weight is 441 g/mol. The fourth-order valence-electron chi connectivity index (χ4n) is 2.91. The summed E-state index contributed by atoms with van der Waals surface area (Å²) >= 11 is 1.63. The van der Waals surface area contributed by atoms with E-state index in [1.165, 1.54) is 0 Å². The molecule has 0 spiro atoms. The summed E-state index contributed by atoms with van der Waals surface area (Å²) in [5, 5.41) is 3.90. The van der Waals surface area contributed by atoms with Crippen molar-refractivity contribution in [2.24, 2.45) is 5.73 Å². The van der Waals surface area contributed by atoms with Crippen LogP contribution in [0.5, 0.6) is 0 Å². The lowest BCUT2D eigenvalue weighted by Gasteiger charge is -2.25. The number of carbonyl (C=O) groups excluding carboxylic acids is 1. The Morgan fingerprint density at radius 2 is 1.86 bits per heavy atom. The number of aromatic nitrogens is 1. The highest BCUT2D eigenvalue weighted by atomic mass is 35.5. The van der Waals surface area contributed by atoms with Gasteiger partial charge in [-0.05, 0) is 23.8 Å². The Morgan fingerprint density at radius 1 is 1.14 bits per heavy atom. The van der Waals surface area contributed by atoms with Crippen molar-refractivity contribution in [2.45, 2.75) is 6.04 Å². The van der Waals surface area contributed by atoms with Crippen LogP contribution in [-0.4, -0.2) is 37.2 Å². The molecule has 1 amide bonds. The van der Waals surface area contributed by atoms with Crippen LogP contribution in [0.2, 0.25) is 0 Å². The van der Waals surface area contributed by atoms with Gasteiger partial charge in [0.2, 0.25) is 5.91 Å². The molecule has 2 aromatic carbocycles. The lowest BCUT2D eigenvalue weighted by molar-refractivity contribution is -0.117. The number of hydrogen-bond acceptors (Lipinski definition) is 6. The van der Waals surface area contributed by atoms with Crippen LogP contribution in [-0.2, 0) is 9.53 Å². The SMILES string of the molecule is Cl.Cl.NC(C(=O)Nc1ccc2nc(N3CCOCC3)sc2c1)c1ccccc1. The standard InChI is InChI=1S/C19H20N4O2S.2ClH/c20-17(13-4-2-1-3-5-13)18(24)21-14-6-7-15-16(12-14)26-19(22-15)23-8-10-25-11-9-23;;/h1-7,12,17H,8-11,20H2,(H,21,24);2*1H. The van der Waals surface area contributed by atoms with Crippen LogP contribution in [0.25, 0.3) is 10.2 Å². The number of benzene rings is 2. The van der Waals surface area contributed by atoms with E-state index in [4.69, 9.17) is 15.5 Å². The Bertz CT molecular complexity index is 917. The van der Waals surface area contributed by atoms with Gasteiger partial charge in [0.15, 0.2) is 5.13 Å². The zero-order valence-corrected chi connectivity index (χ0v) is 17.5. The van der Waals surface area contributed by atoms with Gasteiger partial charge in [0, 0.05) is 18.8 Å². The molecule has 0 saturated carbocycles. The van der Waals surface area contributed by atoms with Gasteiger partial charge in [0.25, 0.3) is 0 Å². The predicted molar refractivity (Wildman–Crippen MR) is 119 cm³/mol. The lowest BCUT2D eigenvalue weighted by Crippen LogP contribution is -2.36. The van der Waals surface area contributed by atoms with Crippen molar-refractivity contribution in [1.29, 1.82) is 0 Å². The number of morpholine rings is 1. The second-order valence-electron chi connectivity index (χ2n) is 6.16. The van der Waals surface area contributed by atoms with Crippen molar-refractivity contribution in [3.05, 3.63) is 54.1 Å². The number of thiazole rings is 1. The van der Waals surface area contributed by atoms with E-state index in [0.29, 0.717) is 0 Å². The summed E-state index contributed by atoms with van der Waals surface area (Å²) in [6.07, 6.45) is 0. The molecule has 1 unspecified atom stereocenters. The summed E-state index contributed by atoms with van der Waals surface area (Å²) in [5.74, 6) is -0.228. The van der Waals surface area contributed by atoms with Crippen molar-refractivity contribution >= 4 is 63.1 Å². The van der Waals surface area contributed by atoms with Crippen molar-refractivity contribution in [2.75, 3.05) is 36.5 Å². The second-order valence-corrected chi connectivity index (χ2v) is 7.17. The minimum absolute atomic E-state index is 0. The molecule has 9 heteroatoms. The van der Waals surface area contributed by atoms with Gasteiger partial charge < -0.3 is 20.7 Å². The van der Waals surface area contributed by atoms with Crippen molar-refractivity contribution in [1.82, 2.24) is 4.98 Å². The van der Waals surface area contributed by atoms with Crippen LogP contribution in [0.3, 0.4) is 0 Å². The zero-order valence-electron chi connectivity index (χ0n) is 15.0. The molecule has 1 aliphatic rings. The van der Waals surface area contributed by atoms with E-state index >= 15 is 0 Å². The third-order valence-corrected chi connectivity index (χ3v) is 5.45. The highest BCUT2D eigenvalue weighted by molar-refractivity contribution is 7.22. The first-order valence-electron chi connectivity index (χ1n) is 8.55. The molecule has 3 aromatic rings. The Kier molecular flexibility index (Phi) is 8.03. The maximum atomic E-state index is 12.4. The summed E-state index contributed by atoms with van der Waals surface area (Å²) in [4.78, 5) is 19.4. The van der Waals surface area contributed by atoms with Crippen molar-refractivity contribution in [3.8, 4) is 0 Å². The average Bonchev–Trinajstić information content (AvgIpc) is 3.12. The lowest BCUT2D eigenvalue weighted by atomic mass is 10.1. The molecule has 4 rings (SSSR count). The van der Waals surface area contributed by atoms with Gasteiger partial charge in [0.1, 0.15) is 6.04 Å². The first-order chi connectivity index (χ1) is 12.7. The highest BCUT2D eigenvalue weighted by Gasteiger charge is 2.18. The first kappa shape index (κ1) is 22.4. The Hall–Kier alpha value is -1.90. The van der Waals surface area contributed by atoms with Gasteiger partial charge in [-0.3, -0.25) is 4.79 Å². The van der Waals surface area contributed by atoms with Gasteiger partial charge in [-0.2, -0.15) is 0 Å². The molecule has 0 bridgehead atoms. The van der Waals surface area contributed by atoms with Crippen LogP contribution >= 0.6 is 36.2 Å². The number of ether oxygens (including phenoxy) is 1. The molecule has 28 heavy (non-hydrogen) atoms. The van der Waals surface area contributed by atoms with Crippen molar-refractivity contribution < 1.29 is 9.53 Å². The number of nitrogens with two attached hydrogens (primary N) is 1. The molecule has 1 atom stereocenters. The molecule has 3 N–H and O–H groups in total. The van der Waals surface area contributed by atoms with E-state index in [1.54, 1.807) is 11.3 Å². The summed E-state index contributed by atoms with van der Waals surface area (Å²) in [6.45, 7) is 3.17. The number of rotatable bonds is 4. The molecular formula is C19H22Cl2N4O2S. The molecule has 1 aromatic heterocycles. The molecule has 150 valence electrons.